The van der Waals surface area contributed by atoms with Gasteiger partial charge in [-0.2, -0.15) is 0 Å². The molecule has 100 valence electrons. The summed E-state index contributed by atoms with van der Waals surface area (Å²) < 4.78 is 13.1. The largest absolute Gasteiger partial charge is 0.316 e. The van der Waals surface area contributed by atoms with E-state index in [0.717, 1.165) is 31.0 Å². The van der Waals surface area contributed by atoms with Crippen molar-refractivity contribution in [3.8, 4) is 0 Å². The summed E-state index contributed by atoms with van der Waals surface area (Å²) in [6.07, 6.45) is 3.55. The van der Waals surface area contributed by atoms with E-state index in [2.05, 4.69) is 10.6 Å². The van der Waals surface area contributed by atoms with Gasteiger partial charge in [-0.1, -0.05) is 12.1 Å². The molecule has 1 saturated heterocycles. The van der Waals surface area contributed by atoms with Crippen LogP contribution >= 0.6 is 0 Å². The predicted molar refractivity (Wildman–Crippen MR) is 73.3 cm³/mol. The average Bonchev–Trinajstić information content (AvgIpc) is 2.86. The summed E-state index contributed by atoms with van der Waals surface area (Å²) in [7, 11) is 0. The molecule has 1 aromatic rings. The van der Waals surface area contributed by atoms with E-state index in [1.54, 1.807) is 6.07 Å². The Morgan fingerprint density at radius 2 is 2.28 bits per heavy atom. The Balaban J connectivity index is 1.61. The molecule has 1 fully saturated rings. The summed E-state index contributed by atoms with van der Waals surface area (Å²) in [4.78, 5) is 0. The summed E-state index contributed by atoms with van der Waals surface area (Å²) >= 11 is 0. The minimum absolute atomic E-state index is 0.111. The number of nitrogens with one attached hydrogen (secondary N) is 2. The van der Waals surface area contributed by atoms with E-state index in [9.17, 15) is 4.39 Å². The van der Waals surface area contributed by atoms with Crippen LogP contribution in [0.15, 0.2) is 18.2 Å². The van der Waals surface area contributed by atoms with Crippen LogP contribution in [0.5, 0.6) is 0 Å². The highest BCUT2D eigenvalue weighted by atomic mass is 19.1. The van der Waals surface area contributed by atoms with Gasteiger partial charge in [0.25, 0.3) is 0 Å². The van der Waals surface area contributed by atoms with Crippen molar-refractivity contribution in [3.63, 3.8) is 0 Å². The molecule has 0 amide bonds. The molecule has 0 aromatic heterocycles. The third kappa shape index (κ3) is 4.07. The first-order valence-corrected chi connectivity index (χ1v) is 6.92. The number of rotatable bonds is 6. The Morgan fingerprint density at radius 1 is 1.39 bits per heavy atom. The molecule has 0 saturated carbocycles. The number of benzene rings is 1. The van der Waals surface area contributed by atoms with E-state index in [-0.39, 0.29) is 5.82 Å². The lowest BCUT2D eigenvalue weighted by Crippen LogP contribution is -2.21. The summed E-state index contributed by atoms with van der Waals surface area (Å²) in [5.41, 5.74) is 1.95. The van der Waals surface area contributed by atoms with Crippen LogP contribution in [0.25, 0.3) is 0 Å². The Hall–Kier alpha value is -0.930. The van der Waals surface area contributed by atoms with E-state index in [1.807, 2.05) is 19.1 Å². The van der Waals surface area contributed by atoms with Crippen molar-refractivity contribution in [1.29, 1.82) is 0 Å². The molecule has 0 bridgehead atoms. The second kappa shape index (κ2) is 6.86. The van der Waals surface area contributed by atoms with E-state index in [1.165, 1.54) is 31.5 Å². The van der Waals surface area contributed by atoms with Gasteiger partial charge in [0.05, 0.1) is 0 Å². The smallest absolute Gasteiger partial charge is 0.126 e. The fourth-order valence-corrected chi connectivity index (χ4v) is 2.49. The number of hydrogen-bond acceptors (Lipinski definition) is 2. The molecule has 2 rings (SSSR count). The van der Waals surface area contributed by atoms with Crippen molar-refractivity contribution >= 4 is 0 Å². The van der Waals surface area contributed by atoms with Crippen LogP contribution in [0, 0.1) is 18.7 Å². The molecule has 1 aliphatic rings. The standard InChI is InChI=1S/C15H23FN2/c1-12-10-13(2-3-15(12)16)4-7-17-8-5-14-6-9-18-11-14/h2-3,10,14,17-18H,4-9,11H2,1H3. The minimum Gasteiger partial charge on any atom is -0.316 e. The Labute approximate surface area is 109 Å². The molecule has 1 heterocycles. The molecule has 2 N–H and O–H groups in total. The highest BCUT2D eigenvalue weighted by molar-refractivity contribution is 5.24. The molecule has 1 atom stereocenters. The van der Waals surface area contributed by atoms with Gasteiger partial charge >= 0.3 is 0 Å². The van der Waals surface area contributed by atoms with Crippen LogP contribution in [-0.2, 0) is 6.42 Å². The van der Waals surface area contributed by atoms with E-state index in [0.29, 0.717) is 0 Å². The molecular weight excluding hydrogens is 227 g/mol. The molecule has 1 unspecified atom stereocenters. The number of aryl methyl sites for hydroxylation is 1. The molecular formula is C15H23FN2. The Kier molecular flexibility index (Phi) is 5.14. The zero-order valence-corrected chi connectivity index (χ0v) is 11.1. The third-order valence-corrected chi connectivity index (χ3v) is 3.70. The molecule has 18 heavy (non-hydrogen) atoms. The Bertz CT molecular complexity index is 373. The first-order valence-electron chi connectivity index (χ1n) is 6.92. The lowest BCUT2D eigenvalue weighted by atomic mass is 10.1. The quantitative estimate of drug-likeness (QED) is 0.757. The van der Waals surface area contributed by atoms with Crippen LogP contribution in [0.1, 0.15) is 24.0 Å². The lowest BCUT2D eigenvalue weighted by Gasteiger charge is -2.09. The van der Waals surface area contributed by atoms with Crippen LogP contribution in [0.3, 0.4) is 0 Å². The van der Waals surface area contributed by atoms with Gasteiger partial charge in [-0.25, -0.2) is 4.39 Å². The van der Waals surface area contributed by atoms with Crippen LogP contribution in [0.4, 0.5) is 4.39 Å². The maximum absolute atomic E-state index is 13.1. The maximum Gasteiger partial charge on any atom is 0.126 e. The first kappa shape index (κ1) is 13.5. The zero-order chi connectivity index (χ0) is 12.8. The molecule has 0 radical (unpaired) electrons. The van der Waals surface area contributed by atoms with Crippen LogP contribution < -0.4 is 10.6 Å². The molecule has 1 aliphatic heterocycles. The van der Waals surface area contributed by atoms with Crippen molar-refractivity contribution in [2.45, 2.75) is 26.2 Å². The third-order valence-electron chi connectivity index (χ3n) is 3.70. The van der Waals surface area contributed by atoms with Gasteiger partial charge in [-0.3, -0.25) is 0 Å². The predicted octanol–water partition coefficient (Wildman–Crippen LogP) is 2.27. The van der Waals surface area contributed by atoms with Crippen molar-refractivity contribution in [2.75, 3.05) is 26.2 Å². The van der Waals surface area contributed by atoms with Gasteiger partial charge in [-0.05, 0) is 75.5 Å². The van der Waals surface area contributed by atoms with Crippen molar-refractivity contribution in [2.24, 2.45) is 5.92 Å². The summed E-state index contributed by atoms with van der Waals surface area (Å²) in [5.74, 6) is 0.742. The van der Waals surface area contributed by atoms with Gasteiger partial charge < -0.3 is 10.6 Å². The molecule has 0 aliphatic carbocycles. The van der Waals surface area contributed by atoms with Crippen molar-refractivity contribution < 1.29 is 4.39 Å². The van der Waals surface area contributed by atoms with Crippen LogP contribution in [-0.4, -0.2) is 26.2 Å². The minimum atomic E-state index is -0.111. The SMILES string of the molecule is Cc1cc(CCNCCC2CCNC2)ccc1F. The second-order valence-corrected chi connectivity index (χ2v) is 5.23. The van der Waals surface area contributed by atoms with Gasteiger partial charge in [0.1, 0.15) is 5.82 Å². The highest BCUT2D eigenvalue weighted by Crippen LogP contribution is 2.11. The monoisotopic (exact) mass is 250 g/mol. The topological polar surface area (TPSA) is 24.1 Å². The van der Waals surface area contributed by atoms with Crippen molar-refractivity contribution in [3.05, 3.63) is 35.1 Å². The normalized spacial score (nSPS) is 19.3. The second-order valence-electron chi connectivity index (χ2n) is 5.23. The van der Waals surface area contributed by atoms with Crippen LogP contribution in [0.2, 0.25) is 0 Å². The van der Waals surface area contributed by atoms with E-state index >= 15 is 0 Å². The first-order chi connectivity index (χ1) is 8.75. The zero-order valence-electron chi connectivity index (χ0n) is 11.1. The van der Waals surface area contributed by atoms with Gasteiger partial charge in [-0.15, -0.1) is 0 Å². The van der Waals surface area contributed by atoms with Gasteiger partial charge in [0.2, 0.25) is 0 Å². The lowest BCUT2D eigenvalue weighted by molar-refractivity contribution is 0.501. The number of hydrogen-bond donors (Lipinski definition) is 2. The molecule has 3 heteroatoms. The van der Waals surface area contributed by atoms with Gasteiger partial charge in [0.15, 0.2) is 0 Å². The fraction of sp³-hybridized carbons (Fsp3) is 0.600. The average molecular weight is 250 g/mol. The molecule has 0 spiro atoms. The maximum atomic E-state index is 13.1. The summed E-state index contributed by atoms with van der Waals surface area (Å²) in [6.45, 7) is 6.25. The summed E-state index contributed by atoms with van der Waals surface area (Å²) in [6, 6.07) is 5.39. The Morgan fingerprint density at radius 3 is 3.00 bits per heavy atom. The molecule has 1 aromatic carbocycles. The summed E-state index contributed by atoms with van der Waals surface area (Å²) in [5, 5.41) is 6.86. The highest BCUT2D eigenvalue weighted by Gasteiger charge is 2.12. The molecule has 2 nitrogen and oxygen atoms in total. The van der Waals surface area contributed by atoms with Gasteiger partial charge in [0, 0.05) is 0 Å². The van der Waals surface area contributed by atoms with E-state index in [4.69, 9.17) is 0 Å². The van der Waals surface area contributed by atoms with Crippen molar-refractivity contribution in [1.82, 2.24) is 10.6 Å². The number of halogens is 1. The fourth-order valence-electron chi connectivity index (χ4n) is 2.49. The van der Waals surface area contributed by atoms with E-state index < -0.39 is 0 Å².